The quantitative estimate of drug-likeness (QED) is 0.546. The Labute approximate surface area is 187 Å². The maximum atomic E-state index is 13.2. The van der Waals surface area contributed by atoms with Crippen molar-refractivity contribution in [2.45, 2.75) is 26.9 Å². The van der Waals surface area contributed by atoms with E-state index in [1.807, 2.05) is 62.4 Å². The highest BCUT2D eigenvalue weighted by Gasteiger charge is 2.33. The molecule has 1 aromatic heterocycles. The van der Waals surface area contributed by atoms with Gasteiger partial charge in [0.25, 0.3) is 0 Å². The van der Waals surface area contributed by atoms with Gasteiger partial charge in [-0.05, 0) is 44.2 Å². The van der Waals surface area contributed by atoms with E-state index in [2.05, 4.69) is 9.88 Å². The first-order valence-corrected chi connectivity index (χ1v) is 10.7. The number of aromatic nitrogens is 1. The Morgan fingerprint density at radius 3 is 2.81 bits per heavy atom. The molecule has 162 valence electrons. The lowest BCUT2D eigenvalue weighted by Gasteiger charge is -2.30. The summed E-state index contributed by atoms with van der Waals surface area (Å²) in [5.41, 5.74) is 4.20. The third-order valence-corrected chi connectivity index (χ3v) is 5.62. The molecular formula is C26H24N2O4. The number of allylic oxidation sites excluding steroid dienone is 1. The van der Waals surface area contributed by atoms with Crippen molar-refractivity contribution in [2.75, 3.05) is 13.3 Å². The molecule has 0 unspecified atom stereocenters. The zero-order valence-electron chi connectivity index (χ0n) is 18.1. The molecular weight excluding hydrogens is 404 g/mol. The number of ether oxygens (including phenoxy) is 3. The molecule has 0 bridgehead atoms. The van der Waals surface area contributed by atoms with Gasteiger partial charge in [-0.15, -0.1) is 0 Å². The van der Waals surface area contributed by atoms with Crippen LogP contribution in [0.1, 0.15) is 39.7 Å². The monoisotopic (exact) mass is 428 g/mol. The van der Waals surface area contributed by atoms with Crippen LogP contribution in [-0.4, -0.2) is 29.0 Å². The van der Waals surface area contributed by atoms with Gasteiger partial charge in [-0.25, -0.2) is 0 Å². The summed E-state index contributed by atoms with van der Waals surface area (Å²) in [7, 11) is 0. The minimum absolute atomic E-state index is 0.126. The molecule has 0 aliphatic carbocycles. The molecule has 0 saturated heterocycles. The maximum Gasteiger partial charge on any atom is 0.231 e. The normalized spacial score (nSPS) is 16.3. The van der Waals surface area contributed by atoms with E-state index < -0.39 is 0 Å². The Morgan fingerprint density at radius 2 is 2.00 bits per heavy atom. The molecule has 32 heavy (non-hydrogen) atoms. The summed E-state index contributed by atoms with van der Waals surface area (Å²) < 4.78 is 17.8. The van der Waals surface area contributed by atoms with E-state index in [1.165, 1.54) is 0 Å². The molecule has 2 aromatic carbocycles. The molecule has 0 amide bonds. The lowest BCUT2D eigenvalue weighted by Crippen LogP contribution is -2.32. The zero-order valence-corrected chi connectivity index (χ0v) is 18.1. The number of para-hydroxylation sites is 1. The van der Waals surface area contributed by atoms with Crippen LogP contribution in [0.4, 0.5) is 0 Å². The number of rotatable bonds is 5. The summed E-state index contributed by atoms with van der Waals surface area (Å²) >= 11 is 0. The van der Waals surface area contributed by atoms with E-state index in [9.17, 15) is 4.79 Å². The lowest BCUT2D eigenvalue weighted by molar-refractivity contribution is 0.0865. The van der Waals surface area contributed by atoms with Crippen LogP contribution in [0.15, 0.2) is 60.5 Å². The number of pyridine rings is 1. The van der Waals surface area contributed by atoms with Crippen LogP contribution in [-0.2, 0) is 13.1 Å². The number of carbonyl (C=O) groups excluding carboxylic acids is 1. The highest BCUT2D eigenvalue weighted by Crippen LogP contribution is 2.43. The smallest absolute Gasteiger partial charge is 0.231 e. The lowest BCUT2D eigenvalue weighted by atomic mass is 10.00. The molecule has 2 aliphatic heterocycles. The second kappa shape index (κ2) is 8.48. The first-order chi connectivity index (χ1) is 15.6. The van der Waals surface area contributed by atoms with Crippen LogP contribution in [0.5, 0.6) is 17.2 Å². The van der Waals surface area contributed by atoms with Gasteiger partial charge < -0.3 is 14.2 Å². The van der Waals surface area contributed by atoms with Crippen molar-refractivity contribution in [1.29, 1.82) is 0 Å². The standard InChI is InChI=1S/C26H24N2O4/c1-3-30-22-10-5-4-8-18(22)13-23-24(29)21-12-19-14-28(15-20-9-6-7-11-27-20)16-31-25(19)17(2)26(21)32-23/h4-13H,3,14-16H2,1-2H3/b23-13-. The fraction of sp³-hybridized carbons (Fsp3) is 0.231. The number of Topliss-reactive ketones (excluding diaryl/α,β-unsaturated/α-hetero) is 1. The average molecular weight is 428 g/mol. The molecule has 6 heteroatoms. The van der Waals surface area contributed by atoms with Crippen molar-refractivity contribution < 1.29 is 19.0 Å². The summed E-state index contributed by atoms with van der Waals surface area (Å²) in [6, 6.07) is 15.4. The first-order valence-electron chi connectivity index (χ1n) is 10.7. The minimum atomic E-state index is -0.126. The number of fused-ring (bicyclic) bond motifs is 2. The van der Waals surface area contributed by atoms with Crippen molar-refractivity contribution in [2.24, 2.45) is 0 Å². The van der Waals surface area contributed by atoms with E-state index in [4.69, 9.17) is 14.2 Å². The predicted octanol–water partition coefficient (Wildman–Crippen LogP) is 4.76. The highest BCUT2D eigenvalue weighted by molar-refractivity contribution is 6.15. The van der Waals surface area contributed by atoms with Gasteiger partial charge in [0, 0.05) is 36.0 Å². The van der Waals surface area contributed by atoms with Crippen molar-refractivity contribution in [3.05, 3.63) is 88.4 Å². The Bertz CT molecular complexity index is 1200. The number of ketones is 1. The fourth-order valence-corrected chi connectivity index (χ4v) is 4.15. The molecule has 2 aliphatic rings. The van der Waals surface area contributed by atoms with Gasteiger partial charge >= 0.3 is 0 Å². The van der Waals surface area contributed by atoms with Gasteiger partial charge in [-0.1, -0.05) is 24.3 Å². The van der Waals surface area contributed by atoms with E-state index in [0.29, 0.717) is 43.5 Å². The van der Waals surface area contributed by atoms with Gasteiger partial charge in [0.1, 0.15) is 24.0 Å². The second-order valence-corrected chi connectivity index (χ2v) is 7.86. The van der Waals surface area contributed by atoms with Crippen LogP contribution < -0.4 is 14.2 Å². The molecule has 0 saturated carbocycles. The number of benzene rings is 2. The van der Waals surface area contributed by atoms with Crippen LogP contribution >= 0.6 is 0 Å². The van der Waals surface area contributed by atoms with Gasteiger partial charge in [-0.3, -0.25) is 14.7 Å². The topological polar surface area (TPSA) is 60.9 Å². The number of hydrogen-bond donors (Lipinski definition) is 0. The fourth-order valence-electron chi connectivity index (χ4n) is 4.15. The molecule has 0 spiro atoms. The van der Waals surface area contributed by atoms with E-state index in [1.54, 1.807) is 12.3 Å². The van der Waals surface area contributed by atoms with Crippen molar-refractivity contribution in [3.8, 4) is 17.2 Å². The number of carbonyl (C=O) groups is 1. The van der Waals surface area contributed by atoms with Gasteiger partial charge in [0.05, 0.1) is 17.9 Å². The SMILES string of the molecule is CCOc1ccccc1/C=C1\Oc2c(cc3c(c2C)OCN(Cc2ccccn2)C3)C1=O. The molecule has 0 fully saturated rings. The third kappa shape index (κ3) is 3.74. The number of hydrogen-bond acceptors (Lipinski definition) is 6. The van der Waals surface area contributed by atoms with Crippen LogP contribution in [0.25, 0.3) is 6.08 Å². The summed E-state index contributed by atoms with van der Waals surface area (Å²) in [6.45, 7) is 6.24. The van der Waals surface area contributed by atoms with Crippen LogP contribution in [0, 0.1) is 6.92 Å². The first kappa shape index (κ1) is 20.3. The zero-order chi connectivity index (χ0) is 22.1. The summed E-state index contributed by atoms with van der Waals surface area (Å²) in [6.07, 6.45) is 3.54. The Balaban J connectivity index is 1.43. The third-order valence-electron chi connectivity index (χ3n) is 5.62. The molecule has 0 atom stereocenters. The van der Waals surface area contributed by atoms with Crippen LogP contribution in [0.2, 0.25) is 0 Å². The molecule has 5 rings (SSSR count). The predicted molar refractivity (Wildman–Crippen MR) is 121 cm³/mol. The van der Waals surface area contributed by atoms with Crippen LogP contribution in [0.3, 0.4) is 0 Å². The maximum absolute atomic E-state index is 13.2. The average Bonchev–Trinajstić information content (AvgIpc) is 3.12. The van der Waals surface area contributed by atoms with Crippen molar-refractivity contribution >= 4 is 11.9 Å². The summed E-state index contributed by atoms with van der Waals surface area (Å²) in [5.74, 6) is 2.26. The number of nitrogens with zero attached hydrogens (tertiary/aromatic N) is 2. The van der Waals surface area contributed by atoms with E-state index in [0.717, 1.165) is 33.9 Å². The minimum Gasteiger partial charge on any atom is -0.493 e. The van der Waals surface area contributed by atoms with E-state index in [-0.39, 0.29) is 5.78 Å². The van der Waals surface area contributed by atoms with Crippen molar-refractivity contribution in [3.63, 3.8) is 0 Å². The summed E-state index contributed by atoms with van der Waals surface area (Å²) in [4.78, 5) is 19.7. The molecule has 0 radical (unpaired) electrons. The second-order valence-electron chi connectivity index (χ2n) is 7.86. The Morgan fingerprint density at radius 1 is 1.16 bits per heavy atom. The Hall–Kier alpha value is -3.64. The highest BCUT2D eigenvalue weighted by atomic mass is 16.5. The van der Waals surface area contributed by atoms with Gasteiger partial charge in [0.2, 0.25) is 5.78 Å². The summed E-state index contributed by atoms with van der Waals surface area (Å²) in [5, 5.41) is 0. The Kier molecular flexibility index (Phi) is 5.37. The van der Waals surface area contributed by atoms with Gasteiger partial charge in [0.15, 0.2) is 5.76 Å². The van der Waals surface area contributed by atoms with Crippen molar-refractivity contribution in [1.82, 2.24) is 9.88 Å². The molecule has 0 N–H and O–H groups in total. The molecule has 3 aromatic rings. The van der Waals surface area contributed by atoms with Gasteiger partial charge in [-0.2, -0.15) is 0 Å². The molecule has 6 nitrogen and oxygen atoms in total. The molecule has 3 heterocycles. The largest absolute Gasteiger partial charge is 0.493 e. The van der Waals surface area contributed by atoms with E-state index >= 15 is 0 Å².